The number of phenolic OH excluding ortho intramolecular Hbond substituents is 1. The number of likely N-dealkylation sites (tertiary alicyclic amines) is 1. The first-order valence-electron chi connectivity index (χ1n) is 14.3. The predicted molar refractivity (Wildman–Crippen MR) is 139 cm³/mol. The Labute approximate surface area is 229 Å². The number of nitrogens with zero attached hydrogens (tertiary/aromatic N) is 2. The zero-order chi connectivity index (χ0) is 27.7. The molecule has 4 heterocycles. The number of carbonyl (C=O) groups excluding carboxylic acids is 1. The molecule has 4 bridgehead atoms. The summed E-state index contributed by atoms with van der Waals surface area (Å²) in [7, 11) is 0. The largest absolute Gasteiger partial charge is 0.504 e. The van der Waals surface area contributed by atoms with Crippen LogP contribution in [-0.4, -0.2) is 81.1 Å². The maximum Gasteiger partial charge on any atom is 0.401 e. The van der Waals surface area contributed by atoms with Crippen LogP contribution in [0.4, 0.5) is 18.9 Å². The summed E-state index contributed by atoms with van der Waals surface area (Å²) >= 11 is 0. The molecule has 10 heteroatoms. The number of nitrogens with one attached hydrogen (secondary N) is 1. The number of aromatic hydroxyl groups is 1. The summed E-state index contributed by atoms with van der Waals surface area (Å²) < 4.78 is 50.1. The third kappa shape index (κ3) is 3.04. The number of amides is 1. The predicted octanol–water partition coefficient (Wildman–Crippen LogP) is 3.58. The van der Waals surface area contributed by atoms with Crippen molar-refractivity contribution < 1.29 is 32.9 Å². The molecule has 40 heavy (non-hydrogen) atoms. The number of piperidine rings is 3. The number of ether oxygens (including phenoxy) is 1. The molecule has 3 saturated heterocycles. The van der Waals surface area contributed by atoms with Gasteiger partial charge in [0.15, 0.2) is 11.5 Å². The van der Waals surface area contributed by atoms with Crippen molar-refractivity contribution >= 4 is 11.6 Å². The van der Waals surface area contributed by atoms with Gasteiger partial charge in [-0.05, 0) is 74.8 Å². The number of para-hydroxylation sites is 1. The minimum atomic E-state index is -4.60. The van der Waals surface area contributed by atoms with E-state index in [1.807, 2.05) is 6.07 Å². The van der Waals surface area contributed by atoms with Crippen molar-refractivity contribution in [1.29, 1.82) is 0 Å². The Morgan fingerprint density at radius 3 is 2.60 bits per heavy atom. The summed E-state index contributed by atoms with van der Waals surface area (Å²) in [5.41, 5.74) is -1.82. The normalized spacial score (nSPS) is 37.6. The Morgan fingerprint density at radius 2 is 1.88 bits per heavy atom. The van der Waals surface area contributed by atoms with E-state index in [0.717, 1.165) is 30.5 Å². The minimum absolute atomic E-state index is 0.0767. The number of benzene rings is 2. The van der Waals surface area contributed by atoms with E-state index in [-0.39, 0.29) is 24.0 Å². The van der Waals surface area contributed by atoms with Crippen LogP contribution in [0.2, 0.25) is 0 Å². The van der Waals surface area contributed by atoms with Gasteiger partial charge in [-0.3, -0.25) is 14.6 Å². The van der Waals surface area contributed by atoms with E-state index in [2.05, 4.69) is 10.2 Å². The lowest BCUT2D eigenvalue weighted by Crippen LogP contribution is -2.92. The van der Waals surface area contributed by atoms with E-state index in [4.69, 9.17) is 4.74 Å². The molecule has 6 atom stereocenters. The van der Waals surface area contributed by atoms with Crippen LogP contribution in [0, 0.1) is 5.92 Å². The molecule has 9 rings (SSSR count). The van der Waals surface area contributed by atoms with Gasteiger partial charge >= 0.3 is 6.18 Å². The van der Waals surface area contributed by atoms with Crippen molar-refractivity contribution in [3.8, 4) is 11.5 Å². The van der Waals surface area contributed by atoms with E-state index >= 15 is 0 Å². The molecule has 5 fully saturated rings. The fraction of sp³-hybridized carbons (Fsp3) is 0.567. The lowest BCUT2D eigenvalue weighted by Gasteiger charge is -2.76. The lowest BCUT2D eigenvalue weighted by atomic mass is 9.41. The molecule has 0 aromatic heterocycles. The van der Waals surface area contributed by atoms with Gasteiger partial charge in [-0.15, -0.1) is 0 Å². The molecule has 4 aliphatic heterocycles. The van der Waals surface area contributed by atoms with Gasteiger partial charge < -0.3 is 20.3 Å². The van der Waals surface area contributed by atoms with Crippen molar-refractivity contribution in [3.05, 3.63) is 53.6 Å². The Bertz CT molecular complexity index is 1400. The van der Waals surface area contributed by atoms with Crippen LogP contribution in [0.15, 0.2) is 42.5 Å². The first kappa shape index (κ1) is 24.9. The second kappa shape index (κ2) is 7.92. The molecule has 0 unspecified atom stereocenters. The van der Waals surface area contributed by atoms with Crippen LogP contribution in [0.5, 0.6) is 11.5 Å². The third-order valence-corrected chi connectivity index (χ3v) is 10.8. The number of fused-ring (bicyclic) bond motifs is 2. The quantitative estimate of drug-likeness (QED) is 0.523. The molecule has 2 spiro atoms. The average molecular weight is 556 g/mol. The topological polar surface area (TPSA) is 85.3 Å². The van der Waals surface area contributed by atoms with Crippen LogP contribution < -0.4 is 10.1 Å². The summed E-state index contributed by atoms with van der Waals surface area (Å²) in [4.78, 5) is 17.7. The van der Waals surface area contributed by atoms with Crippen LogP contribution in [0.3, 0.4) is 0 Å². The standard InChI is InChI=1S/C30H32F3N3O4/c31-30(32,33)16-36-24(25(38)34-19-4-2-1-3-5-19)28(39)10-11-29(36)21-14-18-8-9-20(37)23-22(18)27(29,26(28)40-23)12-13-35(21)15-17-6-7-17/h1-5,8-9,17,21,24,26,37,39H,6-7,10-16H2,(H,34,38)/t21-,24+,26-,27+,28-,29-/m1/s1. The average Bonchev–Trinajstić information content (AvgIpc) is 3.64. The second-order valence-corrected chi connectivity index (χ2v) is 12.7. The number of carbonyl (C=O) groups is 1. The highest BCUT2D eigenvalue weighted by Crippen LogP contribution is 2.72. The van der Waals surface area contributed by atoms with Gasteiger partial charge in [-0.1, -0.05) is 24.3 Å². The molecule has 7 nitrogen and oxygen atoms in total. The fourth-order valence-electron chi connectivity index (χ4n) is 9.43. The van der Waals surface area contributed by atoms with E-state index in [0.29, 0.717) is 37.4 Å². The number of halogens is 3. The SMILES string of the molecule is O=C(Nc1ccccc1)[C@@H]1N(CC(F)(F)F)[C@@]23CC[C@]1(O)[C@@H]1Oc4c(O)ccc5c4[C@@]12CCN(CC1CC1)[C@@H]3C5. The molecule has 0 radical (unpaired) electrons. The van der Waals surface area contributed by atoms with Crippen LogP contribution in [0.25, 0.3) is 0 Å². The van der Waals surface area contributed by atoms with Crippen LogP contribution in [-0.2, 0) is 16.6 Å². The van der Waals surface area contributed by atoms with Gasteiger partial charge in [0.25, 0.3) is 0 Å². The van der Waals surface area contributed by atoms with Gasteiger partial charge in [0.05, 0.1) is 17.5 Å². The molecule has 2 saturated carbocycles. The molecular weight excluding hydrogens is 523 g/mol. The van der Waals surface area contributed by atoms with Gasteiger partial charge in [0.1, 0.15) is 17.7 Å². The fourth-order valence-corrected chi connectivity index (χ4v) is 9.43. The van der Waals surface area contributed by atoms with Gasteiger partial charge in [0, 0.05) is 23.8 Å². The third-order valence-electron chi connectivity index (χ3n) is 10.8. The Balaban J connectivity index is 1.35. The number of rotatable bonds is 5. The van der Waals surface area contributed by atoms with E-state index < -0.39 is 47.3 Å². The molecule has 7 aliphatic rings. The molecule has 3 aliphatic carbocycles. The molecule has 3 N–H and O–H groups in total. The highest BCUT2D eigenvalue weighted by atomic mass is 19.4. The number of hydrogen-bond acceptors (Lipinski definition) is 6. The summed E-state index contributed by atoms with van der Waals surface area (Å²) in [5.74, 6) is 0.0491. The summed E-state index contributed by atoms with van der Waals surface area (Å²) in [5, 5.41) is 26.2. The van der Waals surface area contributed by atoms with Crippen LogP contribution in [0.1, 0.15) is 43.2 Å². The molecule has 1 amide bonds. The lowest BCUT2D eigenvalue weighted by molar-refractivity contribution is -0.302. The summed E-state index contributed by atoms with van der Waals surface area (Å²) in [6.07, 6.45) is -1.85. The van der Waals surface area contributed by atoms with Crippen molar-refractivity contribution in [3.63, 3.8) is 0 Å². The van der Waals surface area contributed by atoms with E-state index in [9.17, 15) is 28.2 Å². The minimum Gasteiger partial charge on any atom is -0.504 e. The second-order valence-electron chi connectivity index (χ2n) is 12.7. The molecule has 2 aromatic rings. The number of alkyl halides is 3. The Kier molecular flexibility index (Phi) is 4.94. The van der Waals surface area contributed by atoms with Gasteiger partial charge in [-0.2, -0.15) is 13.2 Å². The molecule has 212 valence electrons. The van der Waals surface area contributed by atoms with E-state index in [1.165, 1.54) is 4.90 Å². The Morgan fingerprint density at radius 1 is 1.10 bits per heavy atom. The number of phenols is 1. The summed E-state index contributed by atoms with van der Waals surface area (Å²) in [6, 6.07) is 10.3. The maximum absolute atomic E-state index is 14.5. The zero-order valence-corrected chi connectivity index (χ0v) is 22.0. The highest BCUT2D eigenvalue weighted by molar-refractivity contribution is 5.96. The first-order chi connectivity index (χ1) is 19.1. The van der Waals surface area contributed by atoms with Gasteiger partial charge in [-0.25, -0.2) is 0 Å². The van der Waals surface area contributed by atoms with E-state index in [1.54, 1.807) is 36.4 Å². The van der Waals surface area contributed by atoms with Crippen LogP contribution >= 0.6 is 0 Å². The summed E-state index contributed by atoms with van der Waals surface area (Å²) in [6.45, 7) is 0.182. The van der Waals surface area contributed by atoms with Crippen molar-refractivity contribution in [2.45, 2.75) is 79.4 Å². The zero-order valence-electron chi connectivity index (χ0n) is 22.0. The van der Waals surface area contributed by atoms with Crippen molar-refractivity contribution in [2.75, 3.05) is 25.0 Å². The molecule has 2 aromatic carbocycles. The maximum atomic E-state index is 14.5. The first-order valence-corrected chi connectivity index (χ1v) is 14.3. The molecular formula is C30H32F3N3O4. The number of hydrogen-bond donors (Lipinski definition) is 3. The smallest absolute Gasteiger partial charge is 0.401 e. The monoisotopic (exact) mass is 555 g/mol. The van der Waals surface area contributed by atoms with Crippen molar-refractivity contribution in [2.24, 2.45) is 5.92 Å². The van der Waals surface area contributed by atoms with Gasteiger partial charge in [0.2, 0.25) is 5.91 Å². The number of aliphatic hydroxyl groups is 1. The van der Waals surface area contributed by atoms with Crippen molar-refractivity contribution in [1.82, 2.24) is 9.80 Å². The number of anilines is 1. The Hall–Kier alpha value is -2.82. The highest BCUT2D eigenvalue weighted by Gasteiger charge is 2.84.